The molecule has 1 aliphatic rings. The average Bonchev–Trinajstić information content (AvgIpc) is 3.53. The van der Waals surface area contributed by atoms with Crippen LogP contribution in [0.15, 0.2) is 134 Å². The minimum Gasteiger partial charge on any atom is -0.505 e. The molecule has 28 nitrogen and oxygen atoms in total. The monoisotopic (exact) mass is 963 g/mol. The SMILES string of the molecule is O=C(O)C1=NN(c2ccccc2)C(=O)C1/N=N/c1ccc(/N=N/c2c(S(=O)(=O)O)cc3cc(S(=O)(=O)O)c(/N=N/c4ccc([N+](=O)[O-])cc4S(=O)(=O)O)c(O)c3c2O)c(S(=O)(=O)O)c1. The van der Waals surface area contributed by atoms with Gasteiger partial charge < -0.3 is 15.3 Å². The first-order chi connectivity index (χ1) is 29.7. The molecule has 7 N–H and O–H groups in total. The number of aliphatic carboxylic acids is 1. The maximum Gasteiger partial charge on any atom is 0.355 e. The number of benzene rings is 5. The molecule has 1 amide bonds. The van der Waals surface area contributed by atoms with Crippen molar-refractivity contribution in [3.05, 3.63) is 89.0 Å². The number of hydrogen-bond donors (Lipinski definition) is 7. The Bertz CT molecular complexity index is 3450. The highest BCUT2D eigenvalue weighted by molar-refractivity contribution is 7.86. The van der Waals surface area contributed by atoms with Gasteiger partial charge in [0.1, 0.15) is 42.3 Å². The minimum absolute atomic E-state index is 0.169. The number of hydrogen-bond acceptors (Lipinski definition) is 21. The van der Waals surface area contributed by atoms with Crippen molar-refractivity contribution in [2.24, 2.45) is 35.8 Å². The molecule has 1 heterocycles. The molecular formula is C32H21N9O19S4. The summed E-state index contributed by atoms with van der Waals surface area (Å²) in [4.78, 5) is 29.8. The van der Waals surface area contributed by atoms with E-state index in [-0.39, 0.29) is 5.69 Å². The number of carbonyl (C=O) groups excluding carboxylic acids is 1. The van der Waals surface area contributed by atoms with Gasteiger partial charge >= 0.3 is 5.97 Å². The van der Waals surface area contributed by atoms with Gasteiger partial charge in [0, 0.05) is 12.1 Å². The number of para-hydroxylation sites is 1. The number of phenolic OH excluding ortho intramolecular Hbond substituents is 2. The predicted molar refractivity (Wildman–Crippen MR) is 212 cm³/mol. The van der Waals surface area contributed by atoms with Crippen molar-refractivity contribution in [1.82, 2.24) is 0 Å². The van der Waals surface area contributed by atoms with Crippen molar-refractivity contribution < 1.29 is 81.7 Å². The summed E-state index contributed by atoms with van der Waals surface area (Å²) in [6.07, 6.45) is 0. The van der Waals surface area contributed by atoms with Crippen LogP contribution in [0.3, 0.4) is 0 Å². The number of rotatable bonds is 13. The zero-order chi connectivity index (χ0) is 47.3. The number of hydrazone groups is 1. The Kier molecular flexibility index (Phi) is 11.9. The second kappa shape index (κ2) is 16.6. The number of carboxylic acid groups (broad SMARTS) is 1. The molecule has 0 aliphatic carbocycles. The van der Waals surface area contributed by atoms with Crippen molar-refractivity contribution in [2.45, 2.75) is 25.6 Å². The predicted octanol–water partition coefficient (Wildman–Crippen LogP) is 4.92. The van der Waals surface area contributed by atoms with Gasteiger partial charge in [-0.05, 0) is 53.9 Å². The highest BCUT2D eigenvalue weighted by atomic mass is 32.2. The summed E-state index contributed by atoms with van der Waals surface area (Å²) in [5.74, 6) is -5.60. The van der Waals surface area contributed by atoms with Crippen LogP contribution in [-0.4, -0.2) is 95.8 Å². The maximum atomic E-state index is 13.1. The maximum absolute atomic E-state index is 13.1. The molecule has 5 aromatic carbocycles. The van der Waals surface area contributed by atoms with E-state index in [1.165, 1.54) is 24.3 Å². The number of amides is 1. The average molecular weight is 964 g/mol. The van der Waals surface area contributed by atoms with E-state index in [1.54, 1.807) is 6.07 Å². The Morgan fingerprint density at radius 3 is 1.61 bits per heavy atom. The fraction of sp³-hybridized carbons (Fsp3) is 0.0312. The minimum atomic E-state index is -5.55. The number of nitrogens with zero attached hydrogens (tertiary/aromatic N) is 9. The number of fused-ring (bicyclic) bond motifs is 1. The lowest BCUT2D eigenvalue weighted by Crippen LogP contribution is -2.32. The van der Waals surface area contributed by atoms with E-state index in [0.29, 0.717) is 36.4 Å². The molecule has 5 aromatic rings. The smallest absolute Gasteiger partial charge is 0.355 e. The molecule has 0 saturated carbocycles. The van der Waals surface area contributed by atoms with E-state index in [9.17, 15) is 86.9 Å². The topological polar surface area (TPSA) is 445 Å². The molecular weight excluding hydrogens is 943 g/mol. The third-order valence-corrected chi connectivity index (χ3v) is 11.9. The Labute approximate surface area is 356 Å². The van der Waals surface area contributed by atoms with Crippen LogP contribution in [-0.2, 0) is 50.1 Å². The van der Waals surface area contributed by atoms with Crippen LogP contribution < -0.4 is 5.01 Å². The van der Waals surface area contributed by atoms with Gasteiger partial charge in [0.05, 0.1) is 21.7 Å². The zero-order valence-corrected chi connectivity index (χ0v) is 34.0. The summed E-state index contributed by atoms with van der Waals surface area (Å²) in [6.45, 7) is 0. The third kappa shape index (κ3) is 9.27. The molecule has 0 spiro atoms. The van der Waals surface area contributed by atoms with E-state index >= 15 is 0 Å². The largest absolute Gasteiger partial charge is 0.505 e. The van der Waals surface area contributed by atoms with Crippen LogP contribution in [0.1, 0.15) is 0 Å². The summed E-state index contributed by atoms with van der Waals surface area (Å²) < 4.78 is 138. The zero-order valence-electron chi connectivity index (χ0n) is 30.8. The van der Waals surface area contributed by atoms with Crippen LogP contribution in [0, 0.1) is 10.1 Å². The first kappa shape index (κ1) is 45.9. The number of carboxylic acids is 1. The lowest BCUT2D eigenvalue weighted by atomic mass is 10.1. The molecule has 0 fully saturated rings. The van der Waals surface area contributed by atoms with Crippen molar-refractivity contribution in [1.29, 1.82) is 0 Å². The Hall–Kier alpha value is -7.59. The fourth-order valence-corrected chi connectivity index (χ4v) is 8.20. The van der Waals surface area contributed by atoms with Gasteiger partial charge in [-0.2, -0.15) is 54.0 Å². The molecule has 64 heavy (non-hydrogen) atoms. The highest BCUT2D eigenvalue weighted by Crippen LogP contribution is 2.50. The Morgan fingerprint density at radius 2 is 1.14 bits per heavy atom. The van der Waals surface area contributed by atoms with Gasteiger partial charge in [-0.3, -0.25) is 33.1 Å². The second-order valence-electron chi connectivity index (χ2n) is 12.5. The Balaban J connectivity index is 1.47. The number of nitro groups is 1. The standard InChI is InChI=1S/C32H21N9O19S4/c42-29-24-14(11-23(64(58,59)60)26(30(24)43)37-35-19-9-7-17(41(47)48)13-21(19)62(52,53)54)10-22(63(55,56)57)25(29)36-34-18-8-6-15(12-20(18)61(49,50)51)33-38-27-28(32(45)46)39-40(31(27)44)16-4-2-1-3-5-16/h1-13,27,42-43H,(H,45,46)(H,49,50,51)(H,52,53,54)(H,55,56,57)(H,58,59,60)/b36-34+,37-35+,38-33+. The number of carbonyl (C=O) groups is 2. The number of non-ortho nitro benzene ring substituents is 1. The van der Waals surface area contributed by atoms with Gasteiger partial charge in [0.25, 0.3) is 52.1 Å². The number of azo groups is 3. The van der Waals surface area contributed by atoms with Crippen LogP contribution in [0.4, 0.5) is 39.8 Å². The summed E-state index contributed by atoms with van der Waals surface area (Å²) in [5.41, 5.74) is -6.34. The molecule has 0 aromatic heterocycles. The van der Waals surface area contributed by atoms with Crippen LogP contribution in [0.5, 0.6) is 11.5 Å². The van der Waals surface area contributed by atoms with Crippen LogP contribution in [0.2, 0.25) is 0 Å². The third-order valence-electron chi connectivity index (χ3n) is 8.39. The van der Waals surface area contributed by atoms with E-state index in [0.717, 1.165) is 17.1 Å². The lowest BCUT2D eigenvalue weighted by molar-refractivity contribution is -0.385. The van der Waals surface area contributed by atoms with E-state index < -0.39 is 145 Å². The summed E-state index contributed by atoms with van der Waals surface area (Å²) in [6, 6.07) is 10.4. The molecule has 332 valence electrons. The van der Waals surface area contributed by atoms with E-state index in [2.05, 4.69) is 35.8 Å². The molecule has 0 saturated heterocycles. The van der Waals surface area contributed by atoms with Crippen molar-refractivity contribution >= 4 is 109 Å². The molecule has 0 bridgehead atoms. The Morgan fingerprint density at radius 1 is 0.656 bits per heavy atom. The fourth-order valence-electron chi connectivity index (χ4n) is 5.60. The number of anilines is 1. The van der Waals surface area contributed by atoms with Crippen LogP contribution >= 0.6 is 0 Å². The van der Waals surface area contributed by atoms with Crippen LogP contribution in [0.25, 0.3) is 10.8 Å². The van der Waals surface area contributed by atoms with E-state index in [1.807, 2.05) is 0 Å². The van der Waals surface area contributed by atoms with Gasteiger partial charge in [-0.1, -0.05) is 18.2 Å². The first-order valence-corrected chi connectivity index (χ1v) is 22.3. The van der Waals surface area contributed by atoms with Crippen molar-refractivity contribution in [2.75, 3.05) is 5.01 Å². The van der Waals surface area contributed by atoms with Gasteiger partial charge in [0.15, 0.2) is 17.2 Å². The van der Waals surface area contributed by atoms with Gasteiger partial charge in [-0.25, -0.2) is 4.79 Å². The normalized spacial score (nSPS) is 15.2. The number of aromatic hydroxyl groups is 2. The molecule has 0 radical (unpaired) electrons. The summed E-state index contributed by atoms with van der Waals surface area (Å²) in [5, 5.41) is 67.2. The second-order valence-corrected chi connectivity index (χ2v) is 18.1. The van der Waals surface area contributed by atoms with Gasteiger partial charge in [-0.15, -0.1) is 20.5 Å². The molecule has 1 unspecified atom stereocenters. The summed E-state index contributed by atoms with van der Waals surface area (Å²) in [7, 11) is -21.7. The molecule has 1 atom stereocenters. The van der Waals surface area contributed by atoms with E-state index in [4.69, 9.17) is 0 Å². The lowest BCUT2D eigenvalue weighted by Gasteiger charge is -2.13. The first-order valence-electron chi connectivity index (χ1n) is 16.5. The molecule has 1 aliphatic heterocycles. The van der Waals surface area contributed by atoms with Crippen molar-refractivity contribution in [3.63, 3.8) is 0 Å². The number of nitro benzene ring substituents is 1. The number of phenols is 2. The highest BCUT2D eigenvalue weighted by Gasteiger charge is 2.41. The quantitative estimate of drug-likeness (QED) is 0.0356. The van der Waals surface area contributed by atoms with Crippen molar-refractivity contribution in [3.8, 4) is 11.5 Å². The summed E-state index contributed by atoms with van der Waals surface area (Å²) >= 11 is 0. The molecule has 32 heteroatoms. The van der Waals surface area contributed by atoms with Gasteiger partial charge in [0.2, 0.25) is 6.04 Å². The molecule has 6 rings (SSSR count).